The fourth-order valence-electron chi connectivity index (χ4n) is 1.73. The van der Waals surface area contributed by atoms with Crippen LogP contribution in [0.4, 0.5) is 0 Å². The predicted molar refractivity (Wildman–Crippen MR) is 84.3 cm³/mol. The first-order chi connectivity index (χ1) is 8.97. The number of benzene rings is 2. The molecule has 0 spiro atoms. The van der Waals surface area contributed by atoms with Gasteiger partial charge in [-0.25, -0.2) is 0 Å². The maximum atomic E-state index is 10.2. The molecule has 0 radical (unpaired) electrons. The van der Waals surface area contributed by atoms with Crippen molar-refractivity contribution in [2.75, 3.05) is 0 Å². The summed E-state index contributed by atoms with van der Waals surface area (Å²) >= 11 is 21.1. The minimum atomic E-state index is -0.636. The second kappa shape index (κ2) is 6.47. The van der Waals surface area contributed by atoms with E-state index in [4.69, 9.17) is 34.8 Å². The highest BCUT2D eigenvalue weighted by Crippen LogP contribution is 2.29. The monoisotopic (exact) mass is 378 g/mol. The molecule has 2 aromatic carbocycles. The Morgan fingerprint density at radius 3 is 2.32 bits per heavy atom. The zero-order valence-electron chi connectivity index (χ0n) is 9.71. The molecule has 0 aliphatic rings. The van der Waals surface area contributed by atoms with E-state index in [1.165, 1.54) is 0 Å². The zero-order valence-corrected chi connectivity index (χ0v) is 13.6. The number of aliphatic hydroxyl groups excluding tert-OH is 1. The lowest BCUT2D eigenvalue weighted by atomic mass is 10.0. The molecule has 1 atom stereocenters. The molecule has 0 amide bonds. The summed E-state index contributed by atoms with van der Waals surface area (Å²) in [5.74, 6) is 0. The lowest BCUT2D eigenvalue weighted by Gasteiger charge is -2.12. The van der Waals surface area contributed by atoms with E-state index in [0.717, 1.165) is 15.6 Å². The molecule has 1 nitrogen and oxygen atoms in total. The number of hydrogen-bond donors (Lipinski definition) is 1. The zero-order chi connectivity index (χ0) is 14.0. The van der Waals surface area contributed by atoms with Gasteiger partial charge in [-0.15, -0.1) is 0 Å². The smallest absolute Gasteiger partial charge is 0.0830 e. The topological polar surface area (TPSA) is 20.2 Å². The molecule has 0 bridgehead atoms. The Bertz CT molecular complexity index is 601. The van der Waals surface area contributed by atoms with Crippen LogP contribution in [0.3, 0.4) is 0 Å². The van der Waals surface area contributed by atoms with E-state index in [0.29, 0.717) is 21.5 Å². The number of hydrogen-bond acceptors (Lipinski definition) is 1. The molecule has 1 unspecified atom stereocenters. The fraction of sp³-hybridized carbons (Fsp3) is 0.143. The van der Waals surface area contributed by atoms with Gasteiger partial charge >= 0.3 is 0 Å². The molecule has 0 fully saturated rings. The van der Waals surface area contributed by atoms with Gasteiger partial charge in [-0.1, -0.05) is 46.9 Å². The van der Waals surface area contributed by atoms with E-state index in [9.17, 15) is 5.11 Å². The van der Waals surface area contributed by atoms with Gasteiger partial charge in [0.05, 0.1) is 21.2 Å². The molecule has 100 valence electrons. The Hall–Kier alpha value is -0.250. The molecule has 0 aliphatic carbocycles. The molecule has 0 heterocycles. The first-order valence-corrected chi connectivity index (χ1v) is 7.47. The van der Waals surface area contributed by atoms with Crippen LogP contribution in [0.2, 0.25) is 15.1 Å². The highest BCUT2D eigenvalue weighted by atomic mass is 79.9. The summed E-state index contributed by atoms with van der Waals surface area (Å²) in [6.45, 7) is 0. The van der Waals surface area contributed by atoms with Crippen LogP contribution >= 0.6 is 50.7 Å². The number of aliphatic hydroxyl groups is 1. The minimum Gasteiger partial charge on any atom is -0.388 e. The van der Waals surface area contributed by atoms with Crippen molar-refractivity contribution in [3.63, 3.8) is 0 Å². The van der Waals surface area contributed by atoms with Gasteiger partial charge in [-0.05, 0) is 51.3 Å². The van der Waals surface area contributed by atoms with Gasteiger partial charge in [0.2, 0.25) is 0 Å². The normalized spacial score (nSPS) is 12.5. The van der Waals surface area contributed by atoms with Crippen LogP contribution in [0, 0.1) is 0 Å². The summed E-state index contributed by atoms with van der Waals surface area (Å²) in [4.78, 5) is 0. The molecule has 0 saturated carbocycles. The molecule has 2 aromatic rings. The van der Waals surface area contributed by atoms with Crippen LogP contribution in [-0.2, 0) is 6.42 Å². The van der Waals surface area contributed by atoms with Crippen molar-refractivity contribution in [1.82, 2.24) is 0 Å². The second-order valence-corrected chi connectivity index (χ2v) is 6.22. The molecule has 0 aromatic heterocycles. The van der Waals surface area contributed by atoms with Gasteiger partial charge in [0.25, 0.3) is 0 Å². The number of halogens is 4. The summed E-state index contributed by atoms with van der Waals surface area (Å²) in [5.41, 5.74) is 1.68. The van der Waals surface area contributed by atoms with Crippen LogP contribution in [0.25, 0.3) is 0 Å². The average Bonchev–Trinajstić information content (AvgIpc) is 2.37. The Morgan fingerprint density at radius 1 is 0.947 bits per heavy atom. The molecular weight excluding hydrogens is 370 g/mol. The summed E-state index contributed by atoms with van der Waals surface area (Å²) in [5, 5.41) is 11.8. The van der Waals surface area contributed by atoms with Gasteiger partial charge in [-0.2, -0.15) is 0 Å². The van der Waals surface area contributed by atoms with Crippen molar-refractivity contribution in [2.24, 2.45) is 0 Å². The number of rotatable bonds is 3. The van der Waals surface area contributed by atoms with Crippen molar-refractivity contribution in [3.8, 4) is 0 Å². The maximum absolute atomic E-state index is 10.2. The van der Waals surface area contributed by atoms with Crippen LogP contribution in [0.5, 0.6) is 0 Å². The largest absolute Gasteiger partial charge is 0.388 e. The van der Waals surface area contributed by atoms with E-state index in [1.807, 2.05) is 18.2 Å². The molecule has 2 rings (SSSR count). The van der Waals surface area contributed by atoms with Crippen LogP contribution in [-0.4, -0.2) is 5.11 Å². The van der Waals surface area contributed by atoms with Gasteiger partial charge in [0.15, 0.2) is 0 Å². The lowest BCUT2D eigenvalue weighted by Crippen LogP contribution is -2.01. The average molecular weight is 380 g/mol. The Kier molecular flexibility index (Phi) is 5.15. The molecular formula is C14H10BrCl3O. The fourth-order valence-corrected chi connectivity index (χ4v) is 2.48. The van der Waals surface area contributed by atoms with E-state index in [2.05, 4.69) is 15.9 Å². The van der Waals surface area contributed by atoms with Crippen LogP contribution < -0.4 is 0 Å². The van der Waals surface area contributed by atoms with E-state index in [1.54, 1.807) is 18.2 Å². The van der Waals surface area contributed by atoms with Gasteiger partial charge < -0.3 is 5.11 Å². The second-order valence-electron chi connectivity index (χ2n) is 4.14. The quantitative estimate of drug-likeness (QED) is 0.726. The van der Waals surface area contributed by atoms with Crippen molar-refractivity contribution in [2.45, 2.75) is 12.5 Å². The van der Waals surface area contributed by atoms with Crippen LogP contribution in [0.1, 0.15) is 17.2 Å². The molecule has 5 heteroatoms. The summed E-state index contributed by atoms with van der Waals surface area (Å²) in [6.07, 6.45) is -0.183. The molecule has 0 aliphatic heterocycles. The maximum Gasteiger partial charge on any atom is 0.0830 e. The van der Waals surface area contributed by atoms with Crippen molar-refractivity contribution < 1.29 is 5.11 Å². The minimum absolute atomic E-state index is 0.453. The van der Waals surface area contributed by atoms with E-state index >= 15 is 0 Å². The standard InChI is InChI=1S/C14H10BrCl3O/c15-10-3-2-9(7-12(10)17)14(19)6-8-1-4-11(16)13(18)5-8/h1-5,7,14,19H,6H2. The predicted octanol–water partition coefficient (Wildman–Crippen LogP) is 5.69. The Balaban J connectivity index is 2.17. The van der Waals surface area contributed by atoms with E-state index in [-0.39, 0.29) is 0 Å². The van der Waals surface area contributed by atoms with E-state index < -0.39 is 6.10 Å². The van der Waals surface area contributed by atoms with Crippen molar-refractivity contribution in [1.29, 1.82) is 0 Å². The molecule has 1 N–H and O–H groups in total. The third-order valence-electron chi connectivity index (χ3n) is 2.74. The highest BCUT2D eigenvalue weighted by molar-refractivity contribution is 9.10. The van der Waals surface area contributed by atoms with Gasteiger partial charge in [0, 0.05) is 10.9 Å². The van der Waals surface area contributed by atoms with Crippen molar-refractivity contribution >= 4 is 50.7 Å². The molecule has 0 saturated heterocycles. The SMILES string of the molecule is OC(Cc1ccc(Cl)c(Cl)c1)c1ccc(Br)c(Cl)c1. The summed E-state index contributed by atoms with van der Waals surface area (Å²) in [7, 11) is 0. The Labute approximate surface area is 135 Å². The lowest BCUT2D eigenvalue weighted by molar-refractivity contribution is 0.178. The Morgan fingerprint density at radius 2 is 1.68 bits per heavy atom. The third kappa shape index (κ3) is 3.87. The highest BCUT2D eigenvalue weighted by Gasteiger charge is 2.11. The van der Waals surface area contributed by atoms with Gasteiger partial charge in [-0.3, -0.25) is 0 Å². The summed E-state index contributed by atoms with van der Waals surface area (Å²) < 4.78 is 0.805. The van der Waals surface area contributed by atoms with Gasteiger partial charge in [0.1, 0.15) is 0 Å². The van der Waals surface area contributed by atoms with Crippen LogP contribution in [0.15, 0.2) is 40.9 Å². The molecule has 19 heavy (non-hydrogen) atoms. The first kappa shape index (κ1) is 15.1. The van der Waals surface area contributed by atoms with Crippen molar-refractivity contribution in [3.05, 3.63) is 67.1 Å². The first-order valence-electron chi connectivity index (χ1n) is 5.54. The third-order valence-corrected chi connectivity index (χ3v) is 4.71. The summed E-state index contributed by atoms with van der Waals surface area (Å²) in [6, 6.07) is 10.7.